The number of hydrogen-bond donors (Lipinski definition) is 0. The largest absolute Gasteiger partial charge is 0.493 e. The Balaban J connectivity index is 1.52. The number of nitrogens with zero attached hydrogens (tertiary/aromatic N) is 3. The van der Waals surface area contributed by atoms with Gasteiger partial charge in [0, 0.05) is 10.4 Å². The summed E-state index contributed by atoms with van der Waals surface area (Å²) < 4.78 is 18.5. The van der Waals surface area contributed by atoms with E-state index < -0.39 is 12.0 Å². The number of carbonyl (C=O) groups is 1. The van der Waals surface area contributed by atoms with Crippen molar-refractivity contribution in [3.8, 4) is 17.6 Å². The minimum Gasteiger partial charge on any atom is -0.493 e. The van der Waals surface area contributed by atoms with Crippen LogP contribution in [0.15, 0.2) is 81.0 Å². The van der Waals surface area contributed by atoms with E-state index in [0.29, 0.717) is 37.7 Å². The van der Waals surface area contributed by atoms with Crippen LogP contribution in [0.4, 0.5) is 0 Å². The number of aromatic nitrogens is 1. The smallest absolute Gasteiger partial charge is 0.338 e. The van der Waals surface area contributed by atoms with Gasteiger partial charge in [-0.25, -0.2) is 9.79 Å². The van der Waals surface area contributed by atoms with Gasteiger partial charge in [-0.3, -0.25) is 9.36 Å². The van der Waals surface area contributed by atoms with Crippen LogP contribution in [0.5, 0.6) is 11.5 Å². The molecular weight excluding hydrogens is 534 g/mol. The second-order valence-corrected chi connectivity index (χ2v) is 10.5. The van der Waals surface area contributed by atoms with E-state index in [4.69, 9.17) is 14.2 Å². The van der Waals surface area contributed by atoms with Gasteiger partial charge in [-0.1, -0.05) is 41.7 Å². The highest BCUT2D eigenvalue weighted by Gasteiger charge is 2.33. The Hall–Kier alpha value is -4.46. The summed E-state index contributed by atoms with van der Waals surface area (Å²) in [5, 5.41) is 11.2. The molecule has 0 spiro atoms. The van der Waals surface area contributed by atoms with Crippen molar-refractivity contribution in [2.75, 3.05) is 14.2 Å². The summed E-state index contributed by atoms with van der Waals surface area (Å²) in [7, 11) is 2.86. The normalized spacial score (nSPS) is 14.8. The van der Waals surface area contributed by atoms with Gasteiger partial charge in [-0.05, 0) is 48.2 Å². The number of thiazole rings is 1. The number of ether oxygens (including phenoxy) is 3. The molecule has 4 aromatic rings. The highest BCUT2D eigenvalue weighted by atomic mass is 32.1. The number of methoxy groups -OCH3 is 2. The van der Waals surface area contributed by atoms with E-state index in [-0.39, 0.29) is 12.2 Å². The van der Waals surface area contributed by atoms with Gasteiger partial charge < -0.3 is 14.2 Å². The maximum Gasteiger partial charge on any atom is 0.338 e. The standard InChI is InChI=1S/C29H23N3O5S2/c1-17-25(28(34)36-3)26(23-9-6-12-38-23)32-27(33)24(39-29(32)31-17)14-18-10-11-21(22(13-18)35-2)37-16-20-8-5-4-7-19(20)15-30/h4-14,26H,16H2,1-3H3. The molecule has 1 unspecified atom stereocenters. The van der Waals surface area contributed by atoms with Gasteiger partial charge in [0.15, 0.2) is 16.3 Å². The third-order valence-corrected chi connectivity index (χ3v) is 8.15. The maximum absolute atomic E-state index is 13.7. The minimum absolute atomic E-state index is 0.211. The Morgan fingerprint density at radius 2 is 1.97 bits per heavy atom. The number of allylic oxidation sites excluding steroid dienone is 1. The van der Waals surface area contributed by atoms with E-state index in [1.54, 1.807) is 42.9 Å². The van der Waals surface area contributed by atoms with E-state index in [9.17, 15) is 14.9 Å². The Kier molecular flexibility index (Phi) is 7.45. The van der Waals surface area contributed by atoms with Crippen molar-refractivity contribution >= 4 is 34.7 Å². The summed E-state index contributed by atoms with van der Waals surface area (Å²) in [6, 6.07) is 18.0. The van der Waals surface area contributed by atoms with E-state index in [0.717, 1.165) is 16.0 Å². The zero-order valence-electron chi connectivity index (χ0n) is 21.3. The number of benzene rings is 2. The Morgan fingerprint density at radius 3 is 2.69 bits per heavy atom. The summed E-state index contributed by atoms with van der Waals surface area (Å²) in [6.45, 7) is 1.96. The highest BCUT2D eigenvalue weighted by molar-refractivity contribution is 7.10. The Labute approximate surface area is 232 Å². The number of carbonyl (C=O) groups excluding carboxylic acids is 1. The lowest BCUT2D eigenvalue weighted by Crippen LogP contribution is -2.39. The summed E-state index contributed by atoms with van der Waals surface area (Å²) in [4.78, 5) is 32.3. The first-order valence-corrected chi connectivity index (χ1v) is 13.6. The van der Waals surface area contributed by atoms with Crippen LogP contribution in [0, 0.1) is 11.3 Å². The van der Waals surface area contributed by atoms with Gasteiger partial charge in [-0.15, -0.1) is 11.3 Å². The van der Waals surface area contributed by atoms with Crippen LogP contribution in [-0.2, 0) is 16.1 Å². The van der Waals surface area contributed by atoms with Gasteiger partial charge in [-0.2, -0.15) is 5.26 Å². The molecule has 0 radical (unpaired) electrons. The first-order chi connectivity index (χ1) is 18.9. The average molecular weight is 558 g/mol. The molecule has 5 rings (SSSR count). The van der Waals surface area contributed by atoms with Crippen molar-refractivity contribution in [3.63, 3.8) is 0 Å². The lowest BCUT2D eigenvalue weighted by molar-refractivity contribution is -0.136. The van der Waals surface area contributed by atoms with Crippen LogP contribution in [0.25, 0.3) is 6.08 Å². The number of thiophene rings is 1. The molecule has 0 aliphatic carbocycles. The zero-order valence-corrected chi connectivity index (χ0v) is 23.0. The summed E-state index contributed by atoms with van der Waals surface area (Å²) >= 11 is 2.72. The predicted octanol–water partition coefficient (Wildman–Crippen LogP) is 3.93. The van der Waals surface area contributed by atoms with E-state index in [1.807, 2.05) is 41.8 Å². The van der Waals surface area contributed by atoms with Crippen LogP contribution in [0.2, 0.25) is 0 Å². The van der Waals surface area contributed by atoms with Crippen LogP contribution in [0.3, 0.4) is 0 Å². The van der Waals surface area contributed by atoms with Crippen LogP contribution in [-0.4, -0.2) is 24.8 Å². The van der Waals surface area contributed by atoms with Gasteiger partial charge in [0.25, 0.3) is 5.56 Å². The number of esters is 1. The predicted molar refractivity (Wildman–Crippen MR) is 149 cm³/mol. The molecule has 196 valence electrons. The van der Waals surface area contributed by atoms with E-state index in [1.165, 1.54) is 29.8 Å². The molecule has 0 fully saturated rings. The lowest BCUT2D eigenvalue weighted by atomic mass is 10.0. The van der Waals surface area contributed by atoms with Crippen molar-refractivity contribution in [3.05, 3.63) is 113 Å². The molecule has 1 aliphatic heterocycles. The van der Waals surface area contributed by atoms with Crippen molar-refractivity contribution in [1.82, 2.24) is 4.57 Å². The number of nitriles is 1. The molecule has 1 atom stereocenters. The molecule has 8 nitrogen and oxygen atoms in total. The molecule has 10 heteroatoms. The first kappa shape index (κ1) is 26.2. The van der Waals surface area contributed by atoms with E-state index >= 15 is 0 Å². The molecule has 0 N–H and O–H groups in total. The first-order valence-electron chi connectivity index (χ1n) is 11.9. The number of hydrogen-bond acceptors (Lipinski definition) is 9. The molecule has 39 heavy (non-hydrogen) atoms. The van der Waals surface area contributed by atoms with Gasteiger partial charge in [0.1, 0.15) is 12.6 Å². The summed E-state index contributed by atoms with van der Waals surface area (Å²) in [5.74, 6) is 0.493. The van der Waals surface area contributed by atoms with Crippen molar-refractivity contribution in [2.45, 2.75) is 19.6 Å². The van der Waals surface area contributed by atoms with Crippen LogP contribution in [0.1, 0.15) is 34.5 Å². The third-order valence-electron chi connectivity index (χ3n) is 6.25. The molecule has 0 saturated carbocycles. The van der Waals surface area contributed by atoms with Crippen molar-refractivity contribution in [2.24, 2.45) is 4.99 Å². The molecule has 3 heterocycles. The minimum atomic E-state index is -0.613. The molecule has 0 bridgehead atoms. The number of fused-ring (bicyclic) bond motifs is 1. The molecule has 2 aromatic carbocycles. The topological polar surface area (TPSA) is 103 Å². The van der Waals surface area contributed by atoms with Gasteiger partial charge >= 0.3 is 5.97 Å². The second kappa shape index (κ2) is 11.1. The average Bonchev–Trinajstić information content (AvgIpc) is 3.59. The summed E-state index contributed by atoms with van der Waals surface area (Å²) in [6.07, 6.45) is 1.77. The maximum atomic E-state index is 13.7. The third kappa shape index (κ3) is 5.02. The van der Waals surface area contributed by atoms with Crippen molar-refractivity contribution in [1.29, 1.82) is 5.26 Å². The van der Waals surface area contributed by atoms with E-state index in [2.05, 4.69) is 11.1 Å². The molecular formula is C29H23N3O5S2. The van der Waals surface area contributed by atoms with Crippen molar-refractivity contribution < 1.29 is 19.0 Å². The Morgan fingerprint density at radius 1 is 1.15 bits per heavy atom. The SMILES string of the molecule is COC(=O)C1=C(C)N=c2sc(=Cc3ccc(OCc4ccccc4C#N)c(OC)c3)c(=O)n2C1c1cccs1. The van der Waals surface area contributed by atoms with Crippen LogP contribution < -0.4 is 24.4 Å². The quantitative estimate of drug-likeness (QED) is 0.319. The molecule has 0 saturated heterocycles. The van der Waals surface area contributed by atoms with Crippen LogP contribution >= 0.6 is 22.7 Å². The molecule has 2 aromatic heterocycles. The monoisotopic (exact) mass is 557 g/mol. The fourth-order valence-corrected chi connectivity index (χ4v) is 6.23. The molecule has 1 aliphatic rings. The Bertz CT molecular complexity index is 1810. The van der Waals surface area contributed by atoms with Gasteiger partial charge in [0.05, 0.1) is 41.7 Å². The number of rotatable bonds is 7. The lowest BCUT2D eigenvalue weighted by Gasteiger charge is -2.22. The highest BCUT2D eigenvalue weighted by Crippen LogP contribution is 2.33. The second-order valence-electron chi connectivity index (χ2n) is 8.56. The molecule has 0 amide bonds. The zero-order chi connectivity index (χ0) is 27.5. The summed E-state index contributed by atoms with van der Waals surface area (Å²) in [5.41, 5.74) is 2.68. The fraction of sp³-hybridized carbons (Fsp3) is 0.172. The van der Waals surface area contributed by atoms with Gasteiger partial charge in [0.2, 0.25) is 0 Å². The fourth-order valence-electron chi connectivity index (χ4n) is 4.36.